The second-order valence-electron chi connectivity index (χ2n) is 3.65. The van der Waals surface area contributed by atoms with Crippen molar-refractivity contribution in [3.63, 3.8) is 0 Å². The van der Waals surface area contributed by atoms with Crippen LogP contribution in [0.5, 0.6) is 11.5 Å². The van der Waals surface area contributed by atoms with Crippen LogP contribution in [0.15, 0.2) is 42.5 Å². The van der Waals surface area contributed by atoms with Crippen LogP contribution in [0.25, 0.3) is 0 Å². The van der Waals surface area contributed by atoms with Gasteiger partial charge in [-0.05, 0) is 36.4 Å². The molecule has 0 radical (unpaired) electrons. The fourth-order valence-corrected chi connectivity index (χ4v) is 1.72. The van der Waals surface area contributed by atoms with Crippen LogP contribution in [-0.4, -0.2) is 5.11 Å². The molecular formula is C14H10ClNO2. The van der Waals surface area contributed by atoms with Crippen molar-refractivity contribution in [3.05, 3.63) is 58.6 Å². The Labute approximate surface area is 110 Å². The smallest absolute Gasteiger partial charge is 0.133 e. The van der Waals surface area contributed by atoms with Crippen LogP contribution in [0, 0.1) is 11.3 Å². The summed E-state index contributed by atoms with van der Waals surface area (Å²) >= 11 is 5.84. The van der Waals surface area contributed by atoms with E-state index in [1.807, 2.05) is 6.07 Å². The molecule has 0 saturated carbocycles. The maximum absolute atomic E-state index is 9.23. The summed E-state index contributed by atoms with van der Waals surface area (Å²) in [5.74, 6) is 1.07. The summed E-state index contributed by atoms with van der Waals surface area (Å²) in [6, 6.07) is 13.9. The molecule has 0 aliphatic carbocycles. The van der Waals surface area contributed by atoms with E-state index >= 15 is 0 Å². The fourth-order valence-electron chi connectivity index (χ4n) is 1.53. The first-order valence-corrected chi connectivity index (χ1v) is 5.68. The van der Waals surface area contributed by atoms with Gasteiger partial charge in [-0.1, -0.05) is 17.7 Å². The van der Waals surface area contributed by atoms with E-state index < -0.39 is 0 Å². The minimum absolute atomic E-state index is 0.159. The molecule has 4 heteroatoms. The standard InChI is InChI=1S/C14H10ClNO2/c15-12-4-5-14(11(7-12)9-17)18-13-3-1-2-10(6-13)8-16/h1-7,17H,9H2. The van der Waals surface area contributed by atoms with Crippen molar-refractivity contribution in [2.45, 2.75) is 6.61 Å². The summed E-state index contributed by atoms with van der Waals surface area (Å²) in [6.07, 6.45) is 0. The van der Waals surface area contributed by atoms with E-state index in [1.165, 1.54) is 0 Å². The predicted molar refractivity (Wildman–Crippen MR) is 68.6 cm³/mol. The van der Waals surface area contributed by atoms with Gasteiger partial charge in [-0.3, -0.25) is 0 Å². The highest BCUT2D eigenvalue weighted by molar-refractivity contribution is 6.30. The molecule has 0 amide bonds. The number of hydrogen-bond acceptors (Lipinski definition) is 3. The molecule has 2 aromatic carbocycles. The highest BCUT2D eigenvalue weighted by atomic mass is 35.5. The molecule has 0 heterocycles. The molecule has 0 spiro atoms. The SMILES string of the molecule is N#Cc1cccc(Oc2ccc(Cl)cc2CO)c1. The summed E-state index contributed by atoms with van der Waals surface area (Å²) in [6.45, 7) is -0.159. The molecule has 90 valence electrons. The average molecular weight is 260 g/mol. The maximum Gasteiger partial charge on any atom is 0.133 e. The lowest BCUT2D eigenvalue weighted by molar-refractivity contribution is 0.276. The minimum Gasteiger partial charge on any atom is -0.457 e. The van der Waals surface area contributed by atoms with Crippen LogP contribution in [-0.2, 0) is 6.61 Å². The zero-order chi connectivity index (χ0) is 13.0. The lowest BCUT2D eigenvalue weighted by Gasteiger charge is -2.10. The molecule has 0 aromatic heterocycles. The normalized spacial score (nSPS) is 9.83. The largest absolute Gasteiger partial charge is 0.457 e. The number of rotatable bonds is 3. The Kier molecular flexibility index (Phi) is 3.83. The van der Waals surface area contributed by atoms with Crippen LogP contribution in [0.1, 0.15) is 11.1 Å². The Hall–Kier alpha value is -2.02. The summed E-state index contributed by atoms with van der Waals surface area (Å²) < 4.78 is 5.63. The first-order chi connectivity index (χ1) is 8.72. The van der Waals surface area contributed by atoms with Crippen LogP contribution in [0.4, 0.5) is 0 Å². The van der Waals surface area contributed by atoms with Crippen molar-refractivity contribution in [1.29, 1.82) is 5.26 Å². The second kappa shape index (κ2) is 5.54. The maximum atomic E-state index is 9.23. The molecule has 2 rings (SSSR count). The van der Waals surface area contributed by atoms with Gasteiger partial charge in [0.15, 0.2) is 0 Å². The monoisotopic (exact) mass is 259 g/mol. The third kappa shape index (κ3) is 2.80. The Morgan fingerprint density at radius 1 is 1.22 bits per heavy atom. The quantitative estimate of drug-likeness (QED) is 0.918. The van der Waals surface area contributed by atoms with E-state index in [9.17, 15) is 5.11 Å². The fraction of sp³-hybridized carbons (Fsp3) is 0.0714. The molecule has 0 aliphatic heterocycles. The number of aliphatic hydroxyl groups excluding tert-OH is 1. The molecule has 1 N–H and O–H groups in total. The number of aliphatic hydroxyl groups is 1. The van der Waals surface area contributed by atoms with E-state index in [4.69, 9.17) is 21.6 Å². The summed E-state index contributed by atoms with van der Waals surface area (Å²) in [5, 5.41) is 18.6. The molecule has 0 unspecified atom stereocenters. The average Bonchev–Trinajstić information content (AvgIpc) is 2.41. The van der Waals surface area contributed by atoms with E-state index in [-0.39, 0.29) is 6.61 Å². The van der Waals surface area contributed by atoms with Gasteiger partial charge in [0.05, 0.1) is 18.2 Å². The predicted octanol–water partition coefficient (Wildman–Crippen LogP) is 3.50. The number of nitriles is 1. The Morgan fingerprint density at radius 2 is 2.06 bits per heavy atom. The number of halogens is 1. The van der Waals surface area contributed by atoms with Crippen molar-refractivity contribution < 1.29 is 9.84 Å². The van der Waals surface area contributed by atoms with Gasteiger partial charge in [-0.2, -0.15) is 5.26 Å². The molecule has 0 bridgehead atoms. The molecule has 0 atom stereocenters. The zero-order valence-corrected chi connectivity index (χ0v) is 10.2. The third-order valence-corrected chi connectivity index (χ3v) is 2.62. The van der Waals surface area contributed by atoms with Gasteiger partial charge in [0, 0.05) is 10.6 Å². The highest BCUT2D eigenvalue weighted by Crippen LogP contribution is 2.28. The Balaban J connectivity index is 2.31. The molecular weight excluding hydrogens is 250 g/mol. The van der Waals surface area contributed by atoms with Crippen LogP contribution >= 0.6 is 11.6 Å². The number of ether oxygens (including phenoxy) is 1. The topological polar surface area (TPSA) is 53.2 Å². The Bertz CT molecular complexity index is 605. The van der Waals surface area contributed by atoms with Gasteiger partial charge in [-0.25, -0.2) is 0 Å². The summed E-state index contributed by atoms with van der Waals surface area (Å²) in [7, 11) is 0. The van der Waals surface area contributed by atoms with E-state index in [2.05, 4.69) is 0 Å². The minimum atomic E-state index is -0.159. The van der Waals surface area contributed by atoms with Crippen molar-refractivity contribution in [3.8, 4) is 17.6 Å². The van der Waals surface area contributed by atoms with E-state index in [1.54, 1.807) is 42.5 Å². The first-order valence-electron chi connectivity index (χ1n) is 5.30. The second-order valence-corrected chi connectivity index (χ2v) is 4.09. The van der Waals surface area contributed by atoms with Crippen LogP contribution < -0.4 is 4.74 Å². The molecule has 2 aromatic rings. The van der Waals surface area contributed by atoms with Crippen molar-refractivity contribution in [2.75, 3.05) is 0 Å². The summed E-state index contributed by atoms with van der Waals surface area (Å²) in [4.78, 5) is 0. The summed E-state index contributed by atoms with van der Waals surface area (Å²) in [5.41, 5.74) is 1.12. The Morgan fingerprint density at radius 3 is 2.78 bits per heavy atom. The molecule has 3 nitrogen and oxygen atoms in total. The number of benzene rings is 2. The van der Waals surface area contributed by atoms with E-state index in [0.717, 1.165) is 0 Å². The van der Waals surface area contributed by atoms with Crippen molar-refractivity contribution in [1.82, 2.24) is 0 Å². The lowest BCUT2D eigenvalue weighted by Crippen LogP contribution is -1.92. The van der Waals surface area contributed by atoms with Gasteiger partial charge in [-0.15, -0.1) is 0 Å². The van der Waals surface area contributed by atoms with Gasteiger partial charge in [0.25, 0.3) is 0 Å². The zero-order valence-electron chi connectivity index (χ0n) is 9.43. The lowest BCUT2D eigenvalue weighted by atomic mass is 10.2. The molecule has 0 fully saturated rings. The van der Waals surface area contributed by atoms with Crippen molar-refractivity contribution in [2.24, 2.45) is 0 Å². The van der Waals surface area contributed by atoms with Gasteiger partial charge < -0.3 is 9.84 Å². The van der Waals surface area contributed by atoms with Gasteiger partial charge in [0.1, 0.15) is 11.5 Å². The number of nitrogens with zero attached hydrogens (tertiary/aromatic N) is 1. The van der Waals surface area contributed by atoms with Gasteiger partial charge in [0.2, 0.25) is 0 Å². The van der Waals surface area contributed by atoms with Crippen LogP contribution in [0.3, 0.4) is 0 Å². The van der Waals surface area contributed by atoms with E-state index in [0.29, 0.717) is 27.6 Å². The van der Waals surface area contributed by atoms with Gasteiger partial charge >= 0.3 is 0 Å². The third-order valence-electron chi connectivity index (χ3n) is 2.38. The highest BCUT2D eigenvalue weighted by Gasteiger charge is 2.05. The molecule has 18 heavy (non-hydrogen) atoms. The number of hydrogen-bond donors (Lipinski definition) is 1. The molecule has 0 aliphatic rings. The molecule has 0 saturated heterocycles. The van der Waals surface area contributed by atoms with Crippen LogP contribution in [0.2, 0.25) is 5.02 Å². The first kappa shape index (κ1) is 12.4. The van der Waals surface area contributed by atoms with Crippen molar-refractivity contribution >= 4 is 11.6 Å².